The van der Waals surface area contributed by atoms with Gasteiger partial charge in [0, 0.05) is 23.1 Å². The Morgan fingerprint density at radius 3 is 2.75 bits per heavy atom. The molecular weight excluding hydrogens is 260 g/mol. The fourth-order valence-corrected chi connectivity index (χ4v) is 1.83. The first kappa shape index (κ1) is 13.7. The summed E-state index contributed by atoms with van der Waals surface area (Å²) in [5.41, 5.74) is 2.76. The number of carboxylic acids is 1. The molecule has 0 aliphatic rings. The molecule has 7 nitrogen and oxygen atoms in total. The van der Waals surface area contributed by atoms with E-state index >= 15 is 0 Å². The van der Waals surface area contributed by atoms with E-state index in [0.717, 1.165) is 17.0 Å². The molecule has 104 valence electrons. The van der Waals surface area contributed by atoms with E-state index in [1.165, 1.54) is 12.3 Å². The smallest absolute Gasteiger partial charge is 0.354 e. The minimum absolute atomic E-state index is 0.113. The Morgan fingerprint density at radius 2 is 2.15 bits per heavy atom. The highest BCUT2D eigenvalue weighted by atomic mass is 16.4. The first-order chi connectivity index (χ1) is 9.47. The monoisotopic (exact) mass is 274 g/mol. The highest BCUT2D eigenvalue weighted by molar-refractivity contribution is 5.94. The molecule has 0 aliphatic carbocycles. The lowest BCUT2D eigenvalue weighted by Crippen LogP contribution is -2.15. The van der Waals surface area contributed by atoms with E-state index in [1.54, 1.807) is 6.07 Å². The summed E-state index contributed by atoms with van der Waals surface area (Å²) in [4.78, 5) is 26.4. The zero-order valence-corrected chi connectivity index (χ0v) is 11.1. The van der Waals surface area contributed by atoms with E-state index in [9.17, 15) is 9.59 Å². The predicted molar refractivity (Wildman–Crippen MR) is 71.6 cm³/mol. The van der Waals surface area contributed by atoms with Crippen LogP contribution >= 0.6 is 0 Å². The van der Waals surface area contributed by atoms with Crippen LogP contribution < -0.4 is 5.32 Å². The van der Waals surface area contributed by atoms with Gasteiger partial charge in [-0.25, -0.2) is 9.78 Å². The first-order valence-corrected chi connectivity index (χ1v) is 5.97. The van der Waals surface area contributed by atoms with Gasteiger partial charge >= 0.3 is 5.97 Å². The van der Waals surface area contributed by atoms with Crippen molar-refractivity contribution in [2.45, 2.75) is 20.3 Å². The normalized spacial score (nSPS) is 10.3. The number of carboxylic acid groups (broad SMARTS) is 1. The fraction of sp³-hybridized carbons (Fsp3) is 0.231. The van der Waals surface area contributed by atoms with Crippen LogP contribution in [0.3, 0.4) is 0 Å². The van der Waals surface area contributed by atoms with Gasteiger partial charge in [-0.1, -0.05) is 0 Å². The lowest BCUT2D eigenvalue weighted by atomic mass is 10.1. The number of aromatic amines is 1. The maximum atomic E-state index is 11.9. The number of rotatable bonds is 4. The van der Waals surface area contributed by atoms with Crippen molar-refractivity contribution < 1.29 is 14.7 Å². The lowest BCUT2D eigenvalue weighted by Gasteiger charge is -2.06. The number of carbonyl (C=O) groups excluding carboxylic acids is 1. The van der Waals surface area contributed by atoms with Crippen molar-refractivity contribution in [2.24, 2.45) is 0 Å². The summed E-state index contributed by atoms with van der Waals surface area (Å²) in [6.07, 6.45) is 1.52. The molecule has 0 radical (unpaired) electrons. The number of anilines is 1. The number of H-pyrrole nitrogens is 1. The summed E-state index contributed by atoms with van der Waals surface area (Å²) >= 11 is 0. The molecule has 7 heteroatoms. The molecule has 2 aromatic rings. The van der Waals surface area contributed by atoms with Gasteiger partial charge in [-0.3, -0.25) is 9.89 Å². The average molecular weight is 274 g/mol. The number of aromatic nitrogens is 3. The Labute approximate surface area is 115 Å². The summed E-state index contributed by atoms with van der Waals surface area (Å²) in [6, 6.07) is 2.86. The topological polar surface area (TPSA) is 108 Å². The number of carbonyl (C=O) groups is 2. The molecule has 0 aliphatic heterocycles. The van der Waals surface area contributed by atoms with E-state index < -0.39 is 5.97 Å². The molecule has 20 heavy (non-hydrogen) atoms. The maximum absolute atomic E-state index is 11.9. The number of aryl methyl sites for hydroxylation is 2. The predicted octanol–water partition coefficient (Wildman–Crippen LogP) is 1.30. The molecule has 1 amide bonds. The standard InChI is InChI=1S/C13H14N4O3/c1-7-10(8(2)17-16-7)6-12(18)15-9-3-4-14-11(5-9)13(19)20/h3-5H,6H2,1-2H3,(H,16,17)(H,19,20)(H,14,15,18). The van der Waals surface area contributed by atoms with Crippen molar-refractivity contribution in [3.05, 3.63) is 41.0 Å². The number of hydrogen-bond acceptors (Lipinski definition) is 4. The minimum Gasteiger partial charge on any atom is -0.477 e. The van der Waals surface area contributed by atoms with Crippen molar-refractivity contribution >= 4 is 17.6 Å². The SMILES string of the molecule is Cc1n[nH]c(C)c1CC(=O)Nc1ccnc(C(=O)O)c1. The van der Waals surface area contributed by atoms with E-state index in [1.807, 2.05) is 13.8 Å². The van der Waals surface area contributed by atoms with Crippen molar-refractivity contribution in [1.82, 2.24) is 15.2 Å². The molecule has 2 heterocycles. The third-order valence-corrected chi connectivity index (χ3v) is 2.88. The van der Waals surface area contributed by atoms with E-state index in [0.29, 0.717) is 5.69 Å². The maximum Gasteiger partial charge on any atom is 0.354 e. The Hall–Kier alpha value is -2.70. The summed E-state index contributed by atoms with van der Waals surface area (Å²) in [6.45, 7) is 3.67. The Bertz CT molecular complexity index is 644. The van der Waals surface area contributed by atoms with Gasteiger partial charge in [0.05, 0.1) is 12.1 Å². The Balaban J connectivity index is 2.09. The molecule has 0 spiro atoms. The molecule has 3 N–H and O–H groups in total. The molecule has 0 fully saturated rings. The van der Waals surface area contributed by atoms with Crippen LogP contribution in [0.2, 0.25) is 0 Å². The van der Waals surface area contributed by atoms with E-state index in [2.05, 4.69) is 20.5 Å². The van der Waals surface area contributed by atoms with Crippen molar-refractivity contribution in [3.63, 3.8) is 0 Å². The second-order valence-electron chi connectivity index (χ2n) is 4.37. The molecule has 0 saturated heterocycles. The van der Waals surface area contributed by atoms with Gasteiger partial charge in [0.1, 0.15) is 5.69 Å². The second-order valence-corrected chi connectivity index (χ2v) is 4.37. The van der Waals surface area contributed by atoms with Gasteiger partial charge in [0.25, 0.3) is 0 Å². The molecule has 0 saturated carbocycles. The van der Waals surface area contributed by atoms with Crippen LogP contribution in [0.15, 0.2) is 18.3 Å². The van der Waals surface area contributed by atoms with Crippen LogP contribution in [0.5, 0.6) is 0 Å². The summed E-state index contributed by atoms with van der Waals surface area (Å²) < 4.78 is 0. The zero-order valence-electron chi connectivity index (χ0n) is 11.1. The van der Waals surface area contributed by atoms with Crippen molar-refractivity contribution in [3.8, 4) is 0 Å². The number of nitrogens with zero attached hydrogens (tertiary/aromatic N) is 2. The van der Waals surface area contributed by atoms with E-state index in [4.69, 9.17) is 5.11 Å². The number of amides is 1. The van der Waals surface area contributed by atoms with Gasteiger partial charge in [0.2, 0.25) is 5.91 Å². The first-order valence-electron chi connectivity index (χ1n) is 5.97. The third-order valence-electron chi connectivity index (χ3n) is 2.88. The summed E-state index contributed by atoms with van der Waals surface area (Å²) in [5.74, 6) is -1.37. The molecule has 0 unspecified atom stereocenters. The van der Waals surface area contributed by atoms with Gasteiger partial charge in [-0.2, -0.15) is 5.10 Å². The minimum atomic E-state index is -1.14. The van der Waals surface area contributed by atoms with Crippen molar-refractivity contribution in [1.29, 1.82) is 0 Å². The molecule has 2 aromatic heterocycles. The van der Waals surface area contributed by atoms with Gasteiger partial charge < -0.3 is 10.4 Å². The summed E-state index contributed by atoms with van der Waals surface area (Å²) in [5, 5.41) is 18.3. The number of nitrogens with one attached hydrogen (secondary N) is 2. The molecular formula is C13H14N4O3. The van der Waals surface area contributed by atoms with Crippen LogP contribution in [0.4, 0.5) is 5.69 Å². The highest BCUT2D eigenvalue weighted by Crippen LogP contribution is 2.13. The second kappa shape index (κ2) is 5.52. The third kappa shape index (κ3) is 3.00. The van der Waals surface area contributed by atoms with Crippen molar-refractivity contribution in [2.75, 3.05) is 5.32 Å². The van der Waals surface area contributed by atoms with Crippen LogP contribution in [0, 0.1) is 13.8 Å². The van der Waals surface area contributed by atoms with Gasteiger partial charge in [-0.15, -0.1) is 0 Å². The van der Waals surface area contributed by atoms with Gasteiger partial charge in [0.15, 0.2) is 0 Å². The number of aromatic carboxylic acids is 1. The quantitative estimate of drug-likeness (QED) is 0.778. The highest BCUT2D eigenvalue weighted by Gasteiger charge is 2.12. The van der Waals surface area contributed by atoms with E-state index in [-0.39, 0.29) is 18.0 Å². The number of hydrogen-bond donors (Lipinski definition) is 3. The van der Waals surface area contributed by atoms with Gasteiger partial charge in [-0.05, 0) is 26.0 Å². The average Bonchev–Trinajstić information content (AvgIpc) is 2.71. The lowest BCUT2D eigenvalue weighted by molar-refractivity contribution is -0.115. The molecule has 2 rings (SSSR count). The van der Waals surface area contributed by atoms with Crippen LogP contribution in [-0.2, 0) is 11.2 Å². The van der Waals surface area contributed by atoms with Crippen LogP contribution in [-0.4, -0.2) is 32.2 Å². The molecule has 0 atom stereocenters. The number of pyridine rings is 1. The molecule has 0 bridgehead atoms. The fourth-order valence-electron chi connectivity index (χ4n) is 1.83. The Morgan fingerprint density at radius 1 is 1.40 bits per heavy atom. The van der Waals surface area contributed by atoms with Crippen LogP contribution in [0.25, 0.3) is 0 Å². The molecule has 0 aromatic carbocycles. The van der Waals surface area contributed by atoms with Crippen LogP contribution in [0.1, 0.15) is 27.4 Å². The summed E-state index contributed by atoms with van der Waals surface area (Å²) in [7, 11) is 0. The zero-order chi connectivity index (χ0) is 14.7. The largest absolute Gasteiger partial charge is 0.477 e. The Kier molecular flexibility index (Phi) is 3.79.